The first-order valence-corrected chi connectivity index (χ1v) is 7.33. The van der Waals surface area contributed by atoms with Gasteiger partial charge < -0.3 is 15.4 Å². The molecule has 0 unspecified atom stereocenters. The van der Waals surface area contributed by atoms with Crippen LogP contribution in [0.15, 0.2) is 28.7 Å². The number of carbonyl (C=O) groups is 2. The van der Waals surface area contributed by atoms with Gasteiger partial charge in [0, 0.05) is 23.5 Å². The summed E-state index contributed by atoms with van der Waals surface area (Å²) in [6.07, 6.45) is 0.537. The molecule has 0 saturated carbocycles. The molecular weight excluding hydrogens is 324 g/mol. The molecule has 0 radical (unpaired) electrons. The number of carbonyl (C=O) groups excluding carboxylic acids is 2. The summed E-state index contributed by atoms with van der Waals surface area (Å²) in [6.45, 7) is 2.19. The molecule has 2 atom stereocenters. The number of rotatable bonds is 4. The normalized spacial score (nSPS) is 19.9. The van der Waals surface area contributed by atoms with Crippen LogP contribution in [-0.2, 0) is 9.59 Å². The summed E-state index contributed by atoms with van der Waals surface area (Å²) in [7, 11) is 0. The number of ether oxygens (including phenoxy) is 1. The molecule has 6 heteroatoms. The number of benzene rings is 1. The van der Waals surface area contributed by atoms with Crippen LogP contribution >= 0.6 is 15.9 Å². The second kappa shape index (κ2) is 6.74. The van der Waals surface area contributed by atoms with E-state index in [1.807, 2.05) is 18.2 Å². The molecule has 1 aliphatic rings. The number of nitrogens with one attached hydrogen (secondary N) is 2. The Hall–Kier alpha value is -1.56. The molecule has 2 rings (SSSR count). The number of hydrogen-bond acceptors (Lipinski definition) is 3. The minimum Gasteiger partial charge on any atom is -0.481 e. The summed E-state index contributed by atoms with van der Waals surface area (Å²) in [6, 6.07) is 7.33. The molecule has 5 nitrogen and oxygen atoms in total. The highest BCUT2D eigenvalue weighted by Gasteiger charge is 2.22. The van der Waals surface area contributed by atoms with Crippen LogP contribution in [0.4, 0.5) is 0 Å². The Morgan fingerprint density at radius 3 is 3.00 bits per heavy atom. The highest BCUT2D eigenvalue weighted by Crippen LogP contribution is 2.19. The topological polar surface area (TPSA) is 67.4 Å². The predicted octanol–water partition coefficient (Wildman–Crippen LogP) is 1.61. The summed E-state index contributed by atoms with van der Waals surface area (Å²) in [5.41, 5.74) is 0. The minimum absolute atomic E-state index is 0.0197. The SMILES string of the molecule is C[C@H](Oc1cccc(Br)c1)C(=O)N[C@H]1CCC(=O)NC1. The van der Waals surface area contributed by atoms with Gasteiger partial charge in [-0.3, -0.25) is 9.59 Å². The molecule has 20 heavy (non-hydrogen) atoms. The molecule has 1 saturated heterocycles. The summed E-state index contributed by atoms with van der Waals surface area (Å²) < 4.78 is 6.49. The molecule has 1 aromatic carbocycles. The lowest BCUT2D eigenvalue weighted by Gasteiger charge is -2.25. The van der Waals surface area contributed by atoms with Crippen LogP contribution < -0.4 is 15.4 Å². The molecule has 2 N–H and O–H groups in total. The summed E-state index contributed by atoms with van der Waals surface area (Å²) in [5, 5.41) is 5.62. The van der Waals surface area contributed by atoms with Gasteiger partial charge >= 0.3 is 0 Å². The number of halogens is 1. The molecule has 2 amide bonds. The van der Waals surface area contributed by atoms with Crippen molar-refractivity contribution in [1.29, 1.82) is 0 Å². The summed E-state index contributed by atoms with van der Waals surface area (Å²) >= 11 is 3.35. The molecule has 1 aliphatic heterocycles. The molecule has 0 aliphatic carbocycles. The van der Waals surface area contributed by atoms with Crippen molar-refractivity contribution in [3.8, 4) is 5.75 Å². The van der Waals surface area contributed by atoms with Gasteiger partial charge in [0.15, 0.2) is 6.10 Å². The standard InChI is InChI=1S/C14H17BrN2O3/c1-9(20-12-4-2-3-10(15)7-12)14(19)17-11-5-6-13(18)16-8-11/h2-4,7,9,11H,5-6,8H2,1H3,(H,16,18)(H,17,19)/t9-,11-/m0/s1. The zero-order valence-corrected chi connectivity index (χ0v) is 12.8. The van der Waals surface area contributed by atoms with Crippen molar-refractivity contribution in [3.63, 3.8) is 0 Å². The Morgan fingerprint density at radius 1 is 1.55 bits per heavy atom. The lowest BCUT2D eigenvalue weighted by molar-refractivity contribution is -0.129. The largest absolute Gasteiger partial charge is 0.481 e. The highest BCUT2D eigenvalue weighted by molar-refractivity contribution is 9.10. The van der Waals surface area contributed by atoms with E-state index in [2.05, 4.69) is 26.6 Å². The first-order chi connectivity index (χ1) is 9.54. The van der Waals surface area contributed by atoms with Gasteiger partial charge in [-0.25, -0.2) is 0 Å². The first kappa shape index (κ1) is 14.8. The van der Waals surface area contributed by atoms with E-state index < -0.39 is 6.10 Å². The van der Waals surface area contributed by atoms with Crippen molar-refractivity contribution in [1.82, 2.24) is 10.6 Å². The molecule has 1 aromatic rings. The van der Waals surface area contributed by atoms with Gasteiger partial charge in [0.1, 0.15) is 5.75 Å². The second-order valence-corrected chi connectivity index (χ2v) is 5.68. The van der Waals surface area contributed by atoms with E-state index in [-0.39, 0.29) is 17.9 Å². The van der Waals surface area contributed by atoms with Crippen molar-refractivity contribution in [3.05, 3.63) is 28.7 Å². The molecule has 108 valence electrons. The van der Waals surface area contributed by atoms with Crippen LogP contribution in [-0.4, -0.2) is 30.5 Å². The van der Waals surface area contributed by atoms with Crippen LogP contribution in [0.2, 0.25) is 0 Å². The molecular formula is C14H17BrN2O3. The van der Waals surface area contributed by atoms with Crippen molar-refractivity contribution >= 4 is 27.7 Å². The van der Waals surface area contributed by atoms with Crippen LogP contribution in [0.3, 0.4) is 0 Å². The number of piperidine rings is 1. The van der Waals surface area contributed by atoms with Crippen LogP contribution in [0.1, 0.15) is 19.8 Å². The highest BCUT2D eigenvalue weighted by atomic mass is 79.9. The van der Waals surface area contributed by atoms with Crippen molar-refractivity contribution in [2.45, 2.75) is 31.9 Å². The van der Waals surface area contributed by atoms with Gasteiger partial charge in [0.05, 0.1) is 0 Å². The average molecular weight is 341 g/mol. The lowest BCUT2D eigenvalue weighted by Crippen LogP contribution is -2.50. The van der Waals surface area contributed by atoms with Crippen LogP contribution in [0, 0.1) is 0 Å². The molecule has 0 aromatic heterocycles. The fourth-order valence-corrected chi connectivity index (χ4v) is 2.35. The third-order valence-electron chi connectivity index (χ3n) is 3.09. The Kier molecular flexibility index (Phi) is 5.00. The van der Waals surface area contributed by atoms with Gasteiger partial charge in [-0.05, 0) is 31.5 Å². The van der Waals surface area contributed by atoms with Gasteiger partial charge in [0.25, 0.3) is 5.91 Å². The quantitative estimate of drug-likeness (QED) is 0.874. The Bertz CT molecular complexity index is 497. The Labute approximate surface area is 126 Å². The fourth-order valence-electron chi connectivity index (χ4n) is 1.97. The van der Waals surface area contributed by atoms with E-state index in [0.717, 1.165) is 4.47 Å². The monoisotopic (exact) mass is 340 g/mol. The molecule has 0 spiro atoms. The Morgan fingerprint density at radius 2 is 2.35 bits per heavy atom. The maximum Gasteiger partial charge on any atom is 0.261 e. The third kappa shape index (κ3) is 4.23. The molecule has 0 bridgehead atoms. The lowest BCUT2D eigenvalue weighted by atomic mass is 10.1. The van der Waals surface area contributed by atoms with Crippen LogP contribution in [0.25, 0.3) is 0 Å². The average Bonchev–Trinajstić information content (AvgIpc) is 2.41. The van der Waals surface area contributed by atoms with E-state index in [4.69, 9.17) is 4.74 Å². The smallest absolute Gasteiger partial charge is 0.261 e. The zero-order chi connectivity index (χ0) is 14.5. The zero-order valence-electron chi connectivity index (χ0n) is 11.2. The molecule has 1 heterocycles. The summed E-state index contributed by atoms with van der Waals surface area (Å²) in [5.74, 6) is 0.499. The van der Waals surface area contributed by atoms with Gasteiger partial charge in [-0.15, -0.1) is 0 Å². The predicted molar refractivity (Wildman–Crippen MR) is 78.4 cm³/mol. The van der Waals surface area contributed by atoms with E-state index in [0.29, 0.717) is 25.1 Å². The fraction of sp³-hybridized carbons (Fsp3) is 0.429. The van der Waals surface area contributed by atoms with E-state index in [9.17, 15) is 9.59 Å². The number of hydrogen-bond donors (Lipinski definition) is 2. The van der Waals surface area contributed by atoms with E-state index in [1.165, 1.54) is 0 Å². The minimum atomic E-state index is -0.582. The van der Waals surface area contributed by atoms with Gasteiger partial charge in [-0.1, -0.05) is 22.0 Å². The van der Waals surface area contributed by atoms with Crippen molar-refractivity contribution < 1.29 is 14.3 Å². The third-order valence-corrected chi connectivity index (χ3v) is 3.58. The second-order valence-electron chi connectivity index (χ2n) is 4.77. The van der Waals surface area contributed by atoms with Crippen molar-refractivity contribution in [2.24, 2.45) is 0 Å². The maximum atomic E-state index is 12.0. The molecule has 1 fully saturated rings. The van der Waals surface area contributed by atoms with E-state index >= 15 is 0 Å². The van der Waals surface area contributed by atoms with Crippen molar-refractivity contribution in [2.75, 3.05) is 6.54 Å². The summed E-state index contributed by atoms with van der Waals surface area (Å²) in [4.78, 5) is 23.1. The van der Waals surface area contributed by atoms with E-state index in [1.54, 1.807) is 13.0 Å². The first-order valence-electron chi connectivity index (χ1n) is 6.54. The van der Waals surface area contributed by atoms with Gasteiger partial charge in [-0.2, -0.15) is 0 Å². The maximum absolute atomic E-state index is 12.0. The Balaban J connectivity index is 1.84. The van der Waals surface area contributed by atoms with Crippen LogP contribution in [0.5, 0.6) is 5.75 Å². The van der Waals surface area contributed by atoms with Gasteiger partial charge in [0.2, 0.25) is 5.91 Å². The number of amides is 2.